The smallest absolute Gasteiger partial charge is 0.391 e. The van der Waals surface area contributed by atoms with Gasteiger partial charge in [-0.05, 0) is 67.9 Å². The summed E-state index contributed by atoms with van der Waals surface area (Å²) in [5, 5.41) is 30.3. The number of ether oxygens (including phenoxy) is 3. The largest absolute Gasteiger partial charge is 0.408 e. The first-order valence-electron chi connectivity index (χ1n) is 11.6. The summed E-state index contributed by atoms with van der Waals surface area (Å²) in [6.45, 7) is 10.8. The molecule has 34 heavy (non-hydrogen) atoms. The van der Waals surface area contributed by atoms with Crippen LogP contribution in [0.5, 0.6) is 0 Å². The highest BCUT2D eigenvalue weighted by Crippen LogP contribution is 2.27. The zero-order valence-corrected chi connectivity index (χ0v) is 21.7. The van der Waals surface area contributed by atoms with E-state index < -0.39 is 12.2 Å². The van der Waals surface area contributed by atoms with Crippen molar-refractivity contribution in [3.05, 3.63) is 35.3 Å². The van der Waals surface area contributed by atoms with E-state index >= 15 is 0 Å². The van der Waals surface area contributed by atoms with Crippen molar-refractivity contribution < 1.29 is 29.0 Å². The second-order valence-electron chi connectivity index (χ2n) is 8.45. The molecule has 0 amide bonds. The zero-order valence-electron chi connectivity index (χ0n) is 20.9. The number of hydrogen-bond acceptors (Lipinski definition) is 9. The summed E-state index contributed by atoms with van der Waals surface area (Å²) >= 11 is 1.54. The number of aliphatic hydroxyl groups is 2. The normalized spacial score (nSPS) is 14.4. The van der Waals surface area contributed by atoms with E-state index in [4.69, 9.17) is 14.2 Å². The molecule has 0 bridgehead atoms. The summed E-state index contributed by atoms with van der Waals surface area (Å²) in [7, 11) is 1.94. The minimum atomic E-state index is -0.489. The number of aromatic nitrogens is 1. The molecule has 3 atom stereocenters. The fourth-order valence-corrected chi connectivity index (χ4v) is 3.72. The zero-order chi connectivity index (χ0) is 24.9. The first kappa shape index (κ1) is 28.3. The fraction of sp³-hybridized carbons (Fsp3) is 0.625. The molecular formula is C24H39N4O5S+. The number of aryl methyl sites for hydroxylation is 2. The highest BCUT2D eigenvalue weighted by atomic mass is 32.1. The van der Waals surface area contributed by atoms with Crippen LogP contribution in [0.2, 0.25) is 0 Å². The third kappa shape index (κ3) is 10.5. The van der Waals surface area contributed by atoms with E-state index in [0.717, 1.165) is 22.1 Å². The van der Waals surface area contributed by atoms with Gasteiger partial charge in [0, 0.05) is 24.2 Å². The lowest BCUT2D eigenvalue weighted by molar-refractivity contribution is -0.654. The molecule has 0 radical (unpaired) electrons. The van der Waals surface area contributed by atoms with E-state index in [0.29, 0.717) is 46.1 Å². The van der Waals surface area contributed by atoms with Gasteiger partial charge in [0.05, 0.1) is 63.5 Å². The van der Waals surface area contributed by atoms with Crippen molar-refractivity contribution in [1.82, 2.24) is 0 Å². The van der Waals surface area contributed by atoms with Crippen LogP contribution in [0.3, 0.4) is 0 Å². The number of thiazole rings is 1. The molecule has 0 aliphatic heterocycles. The van der Waals surface area contributed by atoms with Crippen LogP contribution in [0.25, 0.3) is 0 Å². The summed E-state index contributed by atoms with van der Waals surface area (Å²) < 4.78 is 18.8. The van der Waals surface area contributed by atoms with Crippen LogP contribution >= 0.6 is 11.3 Å². The molecule has 2 aromatic rings. The highest BCUT2D eigenvalue weighted by molar-refractivity contribution is 7.12. The Balaban J connectivity index is 1.97. The van der Waals surface area contributed by atoms with Crippen LogP contribution < -0.4 is 9.47 Å². The van der Waals surface area contributed by atoms with Gasteiger partial charge in [0.25, 0.3) is 0 Å². The first-order chi connectivity index (χ1) is 16.3. The number of benzene rings is 1. The molecule has 10 heteroatoms. The number of anilines is 1. The van der Waals surface area contributed by atoms with Gasteiger partial charge in [0.2, 0.25) is 0 Å². The van der Waals surface area contributed by atoms with Gasteiger partial charge in [-0.15, -0.1) is 0 Å². The minimum absolute atomic E-state index is 0.0885. The van der Waals surface area contributed by atoms with Crippen LogP contribution in [0, 0.1) is 6.92 Å². The molecule has 2 N–H and O–H groups in total. The maximum atomic E-state index is 9.43. The van der Waals surface area contributed by atoms with Crippen LogP contribution in [0.4, 0.5) is 16.5 Å². The molecule has 0 spiro atoms. The van der Waals surface area contributed by atoms with Gasteiger partial charge in [-0.25, -0.2) is 4.57 Å². The van der Waals surface area contributed by atoms with Crippen molar-refractivity contribution in [2.75, 3.05) is 51.0 Å². The van der Waals surface area contributed by atoms with Gasteiger partial charge in [-0.1, -0.05) is 0 Å². The second-order valence-corrected chi connectivity index (χ2v) is 9.32. The Morgan fingerprint density at radius 1 is 1.00 bits per heavy atom. The Bertz CT molecular complexity index is 875. The molecule has 0 saturated carbocycles. The van der Waals surface area contributed by atoms with Crippen LogP contribution in [0.1, 0.15) is 26.3 Å². The molecule has 3 unspecified atom stereocenters. The number of aliphatic hydroxyl groups excluding tert-OH is 2. The summed E-state index contributed by atoms with van der Waals surface area (Å²) in [5.41, 5.74) is 2.89. The Labute approximate surface area is 206 Å². The minimum Gasteiger partial charge on any atom is -0.391 e. The predicted octanol–water partition coefficient (Wildman–Crippen LogP) is 3.30. The maximum Gasteiger partial charge on any atom is 0.408 e. The van der Waals surface area contributed by atoms with E-state index in [-0.39, 0.29) is 6.10 Å². The monoisotopic (exact) mass is 495 g/mol. The predicted molar refractivity (Wildman–Crippen MR) is 133 cm³/mol. The van der Waals surface area contributed by atoms with E-state index in [1.807, 2.05) is 49.2 Å². The Morgan fingerprint density at radius 2 is 1.68 bits per heavy atom. The first-order valence-corrected chi connectivity index (χ1v) is 12.5. The lowest BCUT2D eigenvalue weighted by Gasteiger charge is -2.26. The van der Waals surface area contributed by atoms with Crippen LogP contribution in [-0.2, 0) is 21.3 Å². The molecule has 0 aliphatic rings. The Hall–Kier alpha value is -1.95. The van der Waals surface area contributed by atoms with E-state index in [1.165, 1.54) is 0 Å². The molecule has 0 aliphatic carbocycles. The summed E-state index contributed by atoms with van der Waals surface area (Å²) in [5.74, 6) is 0. The maximum absolute atomic E-state index is 9.43. The van der Waals surface area contributed by atoms with Gasteiger partial charge in [-0.2, -0.15) is 0 Å². The molecule has 9 nitrogen and oxygen atoms in total. The molecule has 1 heterocycles. The molecule has 190 valence electrons. The molecular weight excluding hydrogens is 456 g/mol. The van der Waals surface area contributed by atoms with Gasteiger partial charge < -0.3 is 29.3 Å². The number of rotatable bonds is 16. The van der Waals surface area contributed by atoms with Crippen LogP contribution in [0.15, 0.2) is 40.0 Å². The SMILES string of the molecule is Cc1cc(N(CCOCC(C)O)CCOCC(C)OCC(C)O)ccc1N=Nc1scc[n+]1C. The topological polar surface area (TPSA) is 100.0 Å². The van der Waals surface area contributed by atoms with E-state index in [1.54, 1.807) is 25.2 Å². The van der Waals surface area contributed by atoms with Crippen molar-refractivity contribution in [3.8, 4) is 0 Å². The lowest BCUT2D eigenvalue weighted by atomic mass is 10.1. The van der Waals surface area contributed by atoms with Crippen LogP contribution in [-0.4, -0.2) is 74.6 Å². The van der Waals surface area contributed by atoms with Crippen molar-refractivity contribution in [1.29, 1.82) is 0 Å². The van der Waals surface area contributed by atoms with Crippen molar-refractivity contribution in [3.63, 3.8) is 0 Å². The standard InChI is InChI=1S/C24H39N4O5S/c1-18-14-22(6-7-23(18)25-26-24-27(5)10-13-34-24)28(8-11-31-15-19(2)29)9-12-32-17-21(4)33-16-20(3)30/h6-7,10,13-14,19-21,29-30H,8-9,11-12,15-17H2,1-5H3/q+1. The third-order valence-corrected chi connectivity index (χ3v) is 5.73. The number of nitrogens with zero attached hydrogens (tertiary/aromatic N) is 4. The molecule has 1 aromatic heterocycles. The molecule has 0 saturated heterocycles. The lowest BCUT2D eigenvalue weighted by Crippen LogP contribution is -2.32. The van der Waals surface area contributed by atoms with Crippen molar-refractivity contribution in [2.24, 2.45) is 17.3 Å². The van der Waals surface area contributed by atoms with Crippen molar-refractivity contribution in [2.45, 2.75) is 46.0 Å². The summed E-state index contributed by atoms with van der Waals surface area (Å²) in [6.07, 6.45) is 0.888. The number of hydrogen-bond donors (Lipinski definition) is 2. The van der Waals surface area contributed by atoms with Gasteiger partial charge in [0.15, 0.2) is 0 Å². The fourth-order valence-electron chi connectivity index (χ4n) is 3.04. The molecule has 1 aromatic carbocycles. The Morgan fingerprint density at radius 3 is 2.26 bits per heavy atom. The average Bonchev–Trinajstić information content (AvgIpc) is 3.20. The summed E-state index contributed by atoms with van der Waals surface area (Å²) in [6, 6.07) is 6.09. The van der Waals surface area contributed by atoms with E-state index in [2.05, 4.69) is 21.2 Å². The molecule has 0 fully saturated rings. The Kier molecular flexibility index (Phi) is 12.6. The van der Waals surface area contributed by atoms with Crippen molar-refractivity contribution >= 4 is 27.8 Å². The van der Waals surface area contributed by atoms with Gasteiger partial charge in [-0.3, -0.25) is 0 Å². The summed E-state index contributed by atoms with van der Waals surface area (Å²) in [4.78, 5) is 2.19. The molecule has 2 rings (SSSR count). The van der Waals surface area contributed by atoms with Gasteiger partial charge in [0.1, 0.15) is 11.9 Å². The van der Waals surface area contributed by atoms with E-state index in [9.17, 15) is 10.2 Å². The second kappa shape index (κ2) is 15.1. The number of azo groups is 1. The average molecular weight is 496 g/mol. The van der Waals surface area contributed by atoms with Gasteiger partial charge >= 0.3 is 5.13 Å². The highest BCUT2D eigenvalue weighted by Gasteiger charge is 2.12. The third-order valence-electron chi connectivity index (χ3n) is 4.89. The quantitative estimate of drug-likeness (QED) is 0.211.